The molecule has 0 aromatic heterocycles. The van der Waals surface area contributed by atoms with Crippen molar-refractivity contribution < 1.29 is 0 Å². The summed E-state index contributed by atoms with van der Waals surface area (Å²) in [7, 11) is 0. The molecular weight excluding hydrogens is 232 g/mol. The van der Waals surface area contributed by atoms with Gasteiger partial charge in [-0.05, 0) is 62.6 Å². The Morgan fingerprint density at radius 1 is 0.895 bits per heavy atom. The lowest BCUT2D eigenvalue weighted by Crippen LogP contribution is -2.17. The minimum atomic E-state index is 0.803. The van der Waals surface area contributed by atoms with E-state index in [-0.39, 0.29) is 0 Å². The van der Waals surface area contributed by atoms with Gasteiger partial charge in [-0.25, -0.2) is 0 Å². The fraction of sp³-hybridized carbons (Fsp3) is 0.647. The molecule has 2 N–H and O–H groups in total. The van der Waals surface area contributed by atoms with Gasteiger partial charge in [0.15, 0.2) is 0 Å². The zero-order valence-electron chi connectivity index (χ0n) is 11.8. The molecule has 1 aromatic carbocycles. The highest BCUT2D eigenvalue weighted by Gasteiger charge is 2.20. The molecule has 0 radical (unpaired) electrons. The molecule has 1 aromatic rings. The van der Waals surface area contributed by atoms with E-state index in [2.05, 4.69) is 34.9 Å². The topological polar surface area (TPSA) is 24.1 Å². The Morgan fingerprint density at radius 3 is 2.42 bits per heavy atom. The van der Waals surface area contributed by atoms with Crippen LogP contribution in [0.2, 0.25) is 0 Å². The highest BCUT2D eigenvalue weighted by Crippen LogP contribution is 2.20. The van der Waals surface area contributed by atoms with Crippen molar-refractivity contribution in [3.63, 3.8) is 0 Å². The minimum Gasteiger partial charge on any atom is -0.314 e. The van der Waals surface area contributed by atoms with Gasteiger partial charge in [0.1, 0.15) is 0 Å². The first-order chi connectivity index (χ1) is 9.40. The third kappa shape index (κ3) is 4.96. The van der Waals surface area contributed by atoms with Gasteiger partial charge in [-0.1, -0.05) is 24.3 Å². The largest absolute Gasteiger partial charge is 0.314 e. The Morgan fingerprint density at radius 2 is 1.63 bits per heavy atom. The van der Waals surface area contributed by atoms with Crippen molar-refractivity contribution in [1.82, 2.24) is 10.6 Å². The zero-order chi connectivity index (χ0) is 12.9. The summed E-state index contributed by atoms with van der Waals surface area (Å²) in [5.41, 5.74) is 2.95. The standard InChI is InChI=1S/C17H26N2/c1(2-11-18-16-7-8-16)4-14-5-3-6-15(12-14)13-19-17-9-10-17/h3,5-6,12,16-19H,1-2,4,7-11,13H2. The Bertz CT molecular complexity index is 394. The van der Waals surface area contributed by atoms with E-state index < -0.39 is 0 Å². The molecule has 0 spiro atoms. The Kier molecular flexibility index (Phi) is 4.52. The lowest BCUT2D eigenvalue weighted by molar-refractivity contribution is 0.619. The Labute approximate surface area is 117 Å². The van der Waals surface area contributed by atoms with Crippen molar-refractivity contribution in [2.75, 3.05) is 6.54 Å². The van der Waals surface area contributed by atoms with Crippen LogP contribution < -0.4 is 10.6 Å². The predicted molar refractivity (Wildman–Crippen MR) is 80.3 cm³/mol. The maximum atomic E-state index is 3.59. The molecule has 19 heavy (non-hydrogen) atoms. The molecule has 0 saturated heterocycles. The van der Waals surface area contributed by atoms with Gasteiger partial charge in [0, 0.05) is 18.6 Å². The van der Waals surface area contributed by atoms with Crippen LogP contribution in [0.5, 0.6) is 0 Å². The van der Waals surface area contributed by atoms with E-state index in [9.17, 15) is 0 Å². The van der Waals surface area contributed by atoms with Crippen LogP contribution in [-0.4, -0.2) is 18.6 Å². The van der Waals surface area contributed by atoms with Gasteiger partial charge in [-0.15, -0.1) is 0 Å². The Hall–Kier alpha value is -0.860. The maximum Gasteiger partial charge on any atom is 0.0208 e. The van der Waals surface area contributed by atoms with Gasteiger partial charge in [-0.3, -0.25) is 0 Å². The van der Waals surface area contributed by atoms with Crippen molar-refractivity contribution in [3.8, 4) is 0 Å². The van der Waals surface area contributed by atoms with Gasteiger partial charge >= 0.3 is 0 Å². The Balaban J connectivity index is 1.35. The summed E-state index contributed by atoms with van der Waals surface area (Å²) in [6.07, 6.45) is 9.37. The number of unbranched alkanes of at least 4 members (excludes halogenated alkanes) is 1. The molecule has 0 bridgehead atoms. The first-order valence-electron chi connectivity index (χ1n) is 7.95. The molecular formula is C17H26N2. The number of rotatable bonds is 9. The molecule has 104 valence electrons. The van der Waals surface area contributed by atoms with Crippen molar-refractivity contribution in [1.29, 1.82) is 0 Å². The van der Waals surface area contributed by atoms with Crippen LogP contribution in [0, 0.1) is 0 Å². The third-order valence-electron chi connectivity index (χ3n) is 4.07. The van der Waals surface area contributed by atoms with Crippen LogP contribution in [0.4, 0.5) is 0 Å². The summed E-state index contributed by atoms with van der Waals surface area (Å²) in [6, 6.07) is 10.8. The maximum absolute atomic E-state index is 3.59. The fourth-order valence-corrected chi connectivity index (χ4v) is 2.49. The number of benzene rings is 1. The number of nitrogens with one attached hydrogen (secondary N) is 2. The van der Waals surface area contributed by atoms with E-state index in [1.54, 1.807) is 0 Å². The molecule has 2 aliphatic rings. The van der Waals surface area contributed by atoms with Crippen molar-refractivity contribution in [2.45, 2.75) is 63.6 Å². The normalized spacial score (nSPS) is 18.7. The quantitative estimate of drug-likeness (QED) is 0.665. The second kappa shape index (κ2) is 6.53. The summed E-state index contributed by atoms with van der Waals surface area (Å²) in [4.78, 5) is 0. The highest BCUT2D eigenvalue weighted by molar-refractivity contribution is 5.23. The van der Waals surface area contributed by atoms with Crippen molar-refractivity contribution in [3.05, 3.63) is 35.4 Å². The van der Waals surface area contributed by atoms with Gasteiger partial charge in [-0.2, -0.15) is 0 Å². The molecule has 2 nitrogen and oxygen atoms in total. The van der Waals surface area contributed by atoms with E-state index in [0.717, 1.165) is 18.6 Å². The predicted octanol–water partition coefficient (Wildman–Crippen LogP) is 3.01. The van der Waals surface area contributed by atoms with Gasteiger partial charge in [0.25, 0.3) is 0 Å². The van der Waals surface area contributed by atoms with E-state index >= 15 is 0 Å². The summed E-state index contributed by atoms with van der Waals surface area (Å²) < 4.78 is 0. The molecule has 2 fully saturated rings. The summed E-state index contributed by atoms with van der Waals surface area (Å²) in [6.45, 7) is 2.25. The van der Waals surface area contributed by atoms with E-state index in [4.69, 9.17) is 0 Å². The van der Waals surface area contributed by atoms with E-state index in [1.165, 1.54) is 62.6 Å². The van der Waals surface area contributed by atoms with Crippen LogP contribution in [0.15, 0.2) is 24.3 Å². The molecule has 2 heteroatoms. The second-order valence-electron chi connectivity index (χ2n) is 6.16. The molecule has 2 aliphatic carbocycles. The molecule has 3 rings (SSSR count). The smallest absolute Gasteiger partial charge is 0.0208 e. The SMILES string of the molecule is c1cc(CCCCNC2CC2)cc(CNC2CC2)c1. The van der Waals surface area contributed by atoms with Crippen LogP contribution in [-0.2, 0) is 13.0 Å². The molecule has 0 amide bonds. The third-order valence-corrected chi connectivity index (χ3v) is 4.07. The van der Waals surface area contributed by atoms with Crippen LogP contribution in [0.1, 0.15) is 49.7 Å². The zero-order valence-corrected chi connectivity index (χ0v) is 11.8. The molecule has 0 aliphatic heterocycles. The average Bonchev–Trinajstić information content (AvgIpc) is 3.30. The van der Waals surface area contributed by atoms with E-state index in [1.807, 2.05) is 0 Å². The van der Waals surface area contributed by atoms with Crippen LogP contribution in [0.3, 0.4) is 0 Å². The molecule has 2 saturated carbocycles. The average molecular weight is 258 g/mol. The van der Waals surface area contributed by atoms with Gasteiger partial charge in [0.2, 0.25) is 0 Å². The molecule has 0 heterocycles. The highest BCUT2D eigenvalue weighted by atomic mass is 14.9. The number of hydrogen-bond donors (Lipinski definition) is 2. The summed E-state index contributed by atoms with van der Waals surface area (Å²) in [5.74, 6) is 0. The lowest BCUT2D eigenvalue weighted by atomic mass is 10.1. The number of hydrogen-bond acceptors (Lipinski definition) is 2. The second-order valence-corrected chi connectivity index (χ2v) is 6.16. The van der Waals surface area contributed by atoms with Crippen LogP contribution in [0.25, 0.3) is 0 Å². The number of aryl methyl sites for hydroxylation is 1. The first kappa shape index (κ1) is 13.1. The van der Waals surface area contributed by atoms with Crippen molar-refractivity contribution in [2.24, 2.45) is 0 Å². The van der Waals surface area contributed by atoms with Crippen LogP contribution >= 0.6 is 0 Å². The summed E-state index contributed by atoms with van der Waals surface area (Å²) >= 11 is 0. The van der Waals surface area contributed by atoms with Gasteiger partial charge < -0.3 is 10.6 Å². The summed E-state index contributed by atoms with van der Waals surface area (Å²) in [5, 5.41) is 7.17. The van der Waals surface area contributed by atoms with E-state index in [0.29, 0.717) is 0 Å². The lowest BCUT2D eigenvalue weighted by Gasteiger charge is -2.07. The molecule has 0 unspecified atom stereocenters. The minimum absolute atomic E-state index is 0.803. The van der Waals surface area contributed by atoms with Gasteiger partial charge in [0.05, 0.1) is 0 Å². The monoisotopic (exact) mass is 258 g/mol. The molecule has 0 atom stereocenters. The first-order valence-corrected chi connectivity index (χ1v) is 7.95. The fourth-order valence-electron chi connectivity index (χ4n) is 2.49. The van der Waals surface area contributed by atoms with Crippen molar-refractivity contribution >= 4 is 0 Å².